The molecule has 0 aromatic carbocycles. The van der Waals surface area contributed by atoms with Crippen molar-refractivity contribution in [3.8, 4) is 0 Å². The Morgan fingerprint density at radius 2 is 1.69 bits per heavy atom. The first-order valence-electron chi connectivity index (χ1n) is 14.2. The lowest BCUT2D eigenvalue weighted by molar-refractivity contribution is -0.165. The summed E-state index contributed by atoms with van der Waals surface area (Å²) in [5.74, 6) is 2.88. The maximum Gasteiger partial charge on any atom is 0.302 e. The third kappa shape index (κ3) is 4.88. The van der Waals surface area contributed by atoms with Gasteiger partial charge in [-0.1, -0.05) is 77.2 Å². The van der Waals surface area contributed by atoms with Gasteiger partial charge < -0.3 is 9.47 Å². The number of rotatable bonds is 7. The summed E-state index contributed by atoms with van der Waals surface area (Å²) in [5, 5.41) is 0. The first kappa shape index (κ1) is 26.5. The molecule has 0 aliphatic heterocycles. The number of hydrogen-bond donors (Lipinski definition) is 0. The molecule has 4 aliphatic carbocycles. The van der Waals surface area contributed by atoms with E-state index in [1.165, 1.54) is 57.9 Å². The van der Waals surface area contributed by atoms with Gasteiger partial charge in [0.1, 0.15) is 12.2 Å². The fourth-order valence-corrected chi connectivity index (χ4v) is 8.72. The molecule has 0 unspecified atom stereocenters. The molecule has 3 fully saturated rings. The number of carbonyl (C=O) groups is 2. The molecule has 3 saturated carbocycles. The molecule has 0 saturated heterocycles. The summed E-state index contributed by atoms with van der Waals surface area (Å²) in [5.41, 5.74) is 3.04. The number of hydrogen-bond acceptors (Lipinski definition) is 4. The molecule has 4 rings (SSSR count). The summed E-state index contributed by atoms with van der Waals surface area (Å²) >= 11 is 0. The summed E-state index contributed by atoms with van der Waals surface area (Å²) in [6.45, 7) is 15.0. The van der Waals surface area contributed by atoms with Gasteiger partial charge in [0.2, 0.25) is 0 Å². The number of carbonyl (C=O) groups excluding carboxylic acids is 2. The van der Waals surface area contributed by atoms with Crippen molar-refractivity contribution >= 4 is 11.9 Å². The van der Waals surface area contributed by atoms with Crippen LogP contribution in [0, 0.1) is 40.4 Å². The van der Waals surface area contributed by atoms with E-state index in [1.807, 2.05) is 0 Å². The van der Waals surface area contributed by atoms with Crippen LogP contribution in [-0.4, -0.2) is 24.1 Å². The predicted octanol–water partition coefficient (Wildman–Crippen LogP) is 7.42. The molecule has 0 heterocycles. The Labute approximate surface area is 213 Å². The molecule has 35 heavy (non-hydrogen) atoms. The molecular formula is C31H48O4. The molecule has 4 heteroatoms. The van der Waals surface area contributed by atoms with Gasteiger partial charge in [0.15, 0.2) is 0 Å². The fourth-order valence-electron chi connectivity index (χ4n) is 8.72. The lowest BCUT2D eigenvalue weighted by Gasteiger charge is -2.57. The van der Waals surface area contributed by atoms with E-state index in [1.54, 1.807) is 5.57 Å². The van der Waals surface area contributed by atoms with Crippen molar-refractivity contribution < 1.29 is 19.1 Å². The Bertz CT molecular complexity index is 884. The van der Waals surface area contributed by atoms with Crippen LogP contribution >= 0.6 is 0 Å². The van der Waals surface area contributed by atoms with Gasteiger partial charge in [-0.25, -0.2) is 0 Å². The zero-order chi connectivity index (χ0) is 25.5. The van der Waals surface area contributed by atoms with E-state index < -0.39 is 0 Å². The average molecular weight is 485 g/mol. The molecule has 0 radical (unpaired) electrons. The average Bonchev–Trinajstić information content (AvgIpc) is 3.11. The summed E-state index contributed by atoms with van der Waals surface area (Å²) in [6, 6.07) is 0. The van der Waals surface area contributed by atoms with Gasteiger partial charge in [-0.05, 0) is 60.7 Å². The van der Waals surface area contributed by atoms with Crippen molar-refractivity contribution in [3.63, 3.8) is 0 Å². The van der Waals surface area contributed by atoms with Crippen molar-refractivity contribution in [2.24, 2.45) is 40.4 Å². The zero-order valence-corrected chi connectivity index (χ0v) is 23.2. The maximum absolute atomic E-state index is 12.1. The number of allylic oxidation sites excluding steroid dienone is 3. The standard InChI is InChI=1S/C31H48O4/c1-19(2)9-8-10-20(3)26-13-14-27-25-12-11-23-17-24(34-21(4)32)18-29(35-22(5)33)31(23,7)28(25)15-16-30(26,27)6/h11-12,19-20,24,26-29H,8-10,13-18H2,1-7H3/t20-,24-,26-,27+,28+,29+,30-,31+/m1/s1. The highest BCUT2D eigenvalue weighted by molar-refractivity contribution is 5.67. The number of ether oxygens (including phenoxy) is 2. The van der Waals surface area contributed by atoms with Crippen molar-refractivity contribution in [2.45, 2.75) is 118 Å². The Hall–Kier alpha value is -1.58. The van der Waals surface area contributed by atoms with Crippen molar-refractivity contribution in [1.82, 2.24) is 0 Å². The van der Waals surface area contributed by atoms with Gasteiger partial charge in [0, 0.05) is 32.1 Å². The van der Waals surface area contributed by atoms with Crippen molar-refractivity contribution in [1.29, 1.82) is 0 Å². The van der Waals surface area contributed by atoms with Crippen LogP contribution in [0.1, 0.15) is 106 Å². The van der Waals surface area contributed by atoms with E-state index >= 15 is 0 Å². The first-order chi connectivity index (χ1) is 16.5. The summed E-state index contributed by atoms with van der Waals surface area (Å²) < 4.78 is 11.6. The van der Waals surface area contributed by atoms with Crippen LogP contribution in [0.2, 0.25) is 0 Å². The van der Waals surface area contributed by atoms with Crippen molar-refractivity contribution in [3.05, 3.63) is 23.3 Å². The smallest absolute Gasteiger partial charge is 0.302 e. The Morgan fingerprint density at radius 1 is 0.971 bits per heavy atom. The molecule has 0 N–H and O–H groups in total. The van der Waals surface area contributed by atoms with Crippen LogP contribution in [0.4, 0.5) is 0 Å². The second-order valence-corrected chi connectivity index (χ2v) is 13.0. The van der Waals surface area contributed by atoms with E-state index in [2.05, 4.69) is 46.8 Å². The number of esters is 2. The minimum atomic E-state index is -0.263. The van der Waals surface area contributed by atoms with Gasteiger partial charge in [-0.3, -0.25) is 9.59 Å². The van der Waals surface area contributed by atoms with E-state index in [0.29, 0.717) is 23.7 Å². The quantitative estimate of drug-likeness (QED) is 0.353. The zero-order valence-electron chi connectivity index (χ0n) is 23.2. The van der Waals surface area contributed by atoms with E-state index in [-0.39, 0.29) is 29.6 Å². The van der Waals surface area contributed by atoms with E-state index in [0.717, 1.165) is 30.6 Å². The molecule has 4 nitrogen and oxygen atoms in total. The molecule has 8 atom stereocenters. The van der Waals surface area contributed by atoms with Crippen LogP contribution in [0.5, 0.6) is 0 Å². The van der Waals surface area contributed by atoms with Gasteiger partial charge in [0.25, 0.3) is 0 Å². The minimum Gasteiger partial charge on any atom is -0.462 e. The first-order valence-corrected chi connectivity index (χ1v) is 14.2. The second-order valence-electron chi connectivity index (χ2n) is 13.0. The van der Waals surface area contributed by atoms with E-state index in [4.69, 9.17) is 9.47 Å². The normalized spacial score (nSPS) is 39.0. The maximum atomic E-state index is 12.1. The monoisotopic (exact) mass is 484 g/mol. The Kier molecular flexibility index (Phi) is 7.61. The molecule has 0 aromatic heterocycles. The topological polar surface area (TPSA) is 52.6 Å². The van der Waals surface area contributed by atoms with Gasteiger partial charge >= 0.3 is 11.9 Å². The Morgan fingerprint density at radius 3 is 2.34 bits per heavy atom. The molecule has 4 aliphatic rings. The molecule has 0 spiro atoms. The summed E-state index contributed by atoms with van der Waals surface area (Å²) in [6.07, 6.45) is 14.6. The molecule has 0 bridgehead atoms. The highest BCUT2D eigenvalue weighted by atomic mass is 16.6. The van der Waals surface area contributed by atoms with Crippen LogP contribution in [0.25, 0.3) is 0 Å². The van der Waals surface area contributed by atoms with Crippen LogP contribution in [0.15, 0.2) is 23.3 Å². The van der Waals surface area contributed by atoms with Gasteiger partial charge in [0.05, 0.1) is 0 Å². The lowest BCUT2D eigenvalue weighted by Crippen LogP contribution is -2.54. The largest absolute Gasteiger partial charge is 0.462 e. The Balaban J connectivity index is 1.59. The predicted molar refractivity (Wildman–Crippen MR) is 140 cm³/mol. The highest BCUT2D eigenvalue weighted by Gasteiger charge is 2.60. The van der Waals surface area contributed by atoms with Gasteiger partial charge in [-0.2, -0.15) is 0 Å². The SMILES string of the molecule is CC(=O)O[C@@H]1CC2=CC=C3[C@@H]4CC[C@H]([C@H](C)CCCC(C)C)[C@@]4(C)CC[C@@H]3[C@@]2(C)[C@@H](OC(C)=O)C1. The van der Waals surface area contributed by atoms with Gasteiger partial charge in [-0.15, -0.1) is 0 Å². The molecule has 196 valence electrons. The fraction of sp³-hybridized carbons (Fsp3) is 0.806. The third-order valence-electron chi connectivity index (χ3n) is 10.4. The van der Waals surface area contributed by atoms with E-state index in [9.17, 15) is 9.59 Å². The molecule has 0 aromatic rings. The van der Waals surface area contributed by atoms with Crippen LogP contribution in [-0.2, 0) is 19.1 Å². The minimum absolute atomic E-state index is 0.214. The lowest BCUT2D eigenvalue weighted by atomic mass is 9.49. The number of fused-ring (bicyclic) bond motifs is 5. The molecule has 0 amide bonds. The second kappa shape index (κ2) is 10.1. The summed E-state index contributed by atoms with van der Waals surface area (Å²) in [4.78, 5) is 23.8. The van der Waals surface area contributed by atoms with Crippen LogP contribution < -0.4 is 0 Å². The van der Waals surface area contributed by atoms with Crippen molar-refractivity contribution in [2.75, 3.05) is 0 Å². The molecular weight excluding hydrogens is 436 g/mol. The third-order valence-corrected chi connectivity index (χ3v) is 10.4. The highest BCUT2D eigenvalue weighted by Crippen LogP contribution is 2.66. The summed E-state index contributed by atoms with van der Waals surface area (Å²) in [7, 11) is 0. The van der Waals surface area contributed by atoms with Crippen LogP contribution in [0.3, 0.4) is 0 Å².